The molecule has 0 atom stereocenters. The van der Waals surface area contributed by atoms with Crippen LogP contribution >= 0.6 is 0 Å². The number of carbonyl (C=O) groups is 1. The Morgan fingerprint density at radius 3 is 2.35 bits per heavy atom. The molecule has 0 heterocycles. The smallest absolute Gasteiger partial charge is 0.234 e. The standard InChI is InChI=1S/C12H24N2O3/c1-12(8-15,9-16)13-7-11(17)14-10-5-3-2-4-6-10/h10,13,15-16H,2-9H2,1H3,(H,14,17). The molecular formula is C12H24N2O3. The third kappa shape index (κ3) is 5.02. The summed E-state index contributed by atoms with van der Waals surface area (Å²) in [6, 6.07) is 0.299. The number of nitrogens with one attached hydrogen (secondary N) is 2. The zero-order valence-corrected chi connectivity index (χ0v) is 10.5. The van der Waals surface area contributed by atoms with Crippen LogP contribution in [-0.4, -0.2) is 47.5 Å². The molecule has 1 saturated carbocycles. The van der Waals surface area contributed by atoms with Gasteiger partial charge in [0.15, 0.2) is 0 Å². The normalized spacial score (nSPS) is 18.1. The summed E-state index contributed by atoms with van der Waals surface area (Å²) in [6.45, 7) is 1.43. The van der Waals surface area contributed by atoms with Crippen LogP contribution in [0.3, 0.4) is 0 Å². The summed E-state index contributed by atoms with van der Waals surface area (Å²) in [5, 5.41) is 24.0. The molecule has 1 fully saturated rings. The number of aliphatic hydroxyl groups excluding tert-OH is 2. The Hall–Kier alpha value is -0.650. The van der Waals surface area contributed by atoms with E-state index in [0.29, 0.717) is 6.04 Å². The quantitative estimate of drug-likeness (QED) is 0.520. The first-order valence-electron chi connectivity index (χ1n) is 6.36. The van der Waals surface area contributed by atoms with E-state index in [0.717, 1.165) is 12.8 Å². The van der Waals surface area contributed by atoms with Crippen LogP contribution in [-0.2, 0) is 4.79 Å². The van der Waals surface area contributed by atoms with E-state index in [1.165, 1.54) is 19.3 Å². The number of hydrogen-bond donors (Lipinski definition) is 4. The van der Waals surface area contributed by atoms with Crippen molar-refractivity contribution in [1.29, 1.82) is 0 Å². The summed E-state index contributed by atoms with van der Waals surface area (Å²) in [5.74, 6) is -0.0648. The summed E-state index contributed by atoms with van der Waals surface area (Å²) < 4.78 is 0. The van der Waals surface area contributed by atoms with E-state index in [-0.39, 0.29) is 25.7 Å². The van der Waals surface area contributed by atoms with Crippen LogP contribution in [0.2, 0.25) is 0 Å². The fraction of sp³-hybridized carbons (Fsp3) is 0.917. The Labute approximate surface area is 103 Å². The minimum Gasteiger partial charge on any atom is -0.394 e. The van der Waals surface area contributed by atoms with E-state index in [1.807, 2.05) is 0 Å². The lowest BCUT2D eigenvalue weighted by molar-refractivity contribution is -0.121. The molecule has 1 aliphatic rings. The molecular weight excluding hydrogens is 220 g/mol. The first-order valence-corrected chi connectivity index (χ1v) is 6.36. The highest BCUT2D eigenvalue weighted by molar-refractivity contribution is 5.78. The van der Waals surface area contributed by atoms with Gasteiger partial charge in [-0.15, -0.1) is 0 Å². The van der Waals surface area contributed by atoms with E-state index in [9.17, 15) is 4.79 Å². The summed E-state index contributed by atoms with van der Waals surface area (Å²) in [4.78, 5) is 11.7. The van der Waals surface area contributed by atoms with Gasteiger partial charge in [0.2, 0.25) is 5.91 Å². The van der Waals surface area contributed by atoms with E-state index in [2.05, 4.69) is 10.6 Å². The van der Waals surface area contributed by atoms with E-state index in [4.69, 9.17) is 10.2 Å². The summed E-state index contributed by atoms with van der Waals surface area (Å²) in [7, 11) is 0. The molecule has 0 aliphatic heterocycles. The summed E-state index contributed by atoms with van der Waals surface area (Å²) in [5.41, 5.74) is -0.788. The molecule has 0 aromatic heterocycles. The first-order chi connectivity index (χ1) is 8.09. The molecule has 1 rings (SSSR count). The Bertz CT molecular complexity index is 236. The third-order valence-electron chi connectivity index (χ3n) is 3.34. The molecule has 5 nitrogen and oxygen atoms in total. The largest absolute Gasteiger partial charge is 0.394 e. The minimum atomic E-state index is -0.788. The van der Waals surface area contributed by atoms with Crippen molar-refractivity contribution in [3.05, 3.63) is 0 Å². The molecule has 4 N–H and O–H groups in total. The van der Waals surface area contributed by atoms with Crippen LogP contribution in [0.25, 0.3) is 0 Å². The maximum atomic E-state index is 11.7. The SMILES string of the molecule is CC(CO)(CO)NCC(=O)NC1CCCCC1. The van der Waals surface area contributed by atoms with Gasteiger partial charge in [-0.2, -0.15) is 0 Å². The molecule has 100 valence electrons. The minimum absolute atomic E-state index is 0.0648. The Kier molecular flexibility index (Phi) is 5.88. The van der Waals surface area contributed by atoms with Crippen LogP contribution in [0.1, 0.15) is 39.0 Å². The molecule has 0 saturated heterocycles. The van der Waals surface area contributed by atoms with Crippen LogP contribution in [0.5, 0.6) is 0 Å². The van der Waals surface area contributed by atoms with Crippen LogP contribution < -0.4 is 10.6 Å². The van der Waals surface area contributed by atoms with Gasteiger partial charge in [-0.3, -0.25) is 10.1 Å². The van der Waals surface area contributed by atoms with Crippen molar-refractivity contribution in [2.24, 2.45) is 0 Å². The molecule has 0 spiro atoms. The van der Waals surface area contributed by atoms with Gasteiger partial charge in [0, 0.05) is 6.04 Å². The number of aliphatic hydroxyl groups is 2. The second kappa shape index (κ2) is 6.93. The predicted molar refractivity (Wildman–Crippen MR) is 65.6 cm³/mol. The number of carbonyl (C=O) groups excluding carboxylic acids is 1. The van der Waals surface area contributed by atoms with Gasteiger partial charge in [0.05, 0.1) is 25.3 Å². The Morgan fingerprint density at radius 2 is 1.82 bits per heavy atom. The van der Waals surface area contributed by atoms with Gasteiger partial charge >= 0.3 is 0 Å². The first kappa shape index (κ1) is 14.4. The van der Waals surface area contributed by atoms with Crippen molar-refractivity contribution < 1.29 is 15.0 Å². The van der Waals surface area contributed by atoms with Crippen LogP contribution in [0, 0.1) is 0 Å². The highest BCUT2D eigenvalue weighted by Gasteiger charge is 2.23. The van der Waals surface area contributed by atoms with Gasteiger partial charge in [0.1, 0.15) is 0 Å². The Balaban J connectivity index is 2.24. The second-order valence-corrected chi connectivity index (χ2v) is 5.13. The predicted octanol–water partition coefficient (Wildman–Crippen LogP) is -0.232. The van der Waals surface area contributed by atoms with Gasteiger partial charge in [-0.05, 0) is 19.8 Å². The third-order valence-corrected chi connectivity index (χ3v) is 3.34. The topological polar surface area (TPSA) is 81.6 Å². The maximum absolute atomic E-state index is 11.7. The maximum Gasteiger partial charge on any atom is 0.234 e. The Morgan fingerprint density at radius 1 is 1.24 bits per heavy atom. The van der Waals surface area contributed by atoms with Crippen molar-refractivity contribution in [3.63, 3.8) is 0 Å². The lowest BCUT2D eigenvalue weighted by Crippen LogP contribution is -2.53. The number of hydrogen-bond acceptors (Lipinski definition) is 4. The zero-order valence-electron chi connectivity index (χ0n) is 10.5. The molecule has 0 aromatic rings. The highest BCUT2D eigenvalue weighted by Crippen LogP contribution is 2.17. The van der Waals surface area contributed by atoms with Crippen molar-refractivity contribution in [2.45, 2.75) is 50.6 Å². The van der Waals surface area contributed by atoms with Gasteiger partial charge in [0.25, 0.3) is 0 Å². The molecule has 5 heteroatoms. The van der Waals surface area contributed by atoms with Crippen molar-refractivity contribution in [1.82, 2.24) is 10.6 Å². The summed E-state index contributed by atoms with van der Waals surface area (Å²) in [6.07, 6.45) is 5.75. The van der Waals surface area contributed by atoms with Crippen LogP contribution in [0.4, 0.5) is 0 Å². The average molecular weight is 244 g/mol. The molecule has 0 radical (unpaired) electrons. The lowest BCUT2D eigenvalue weighted by atomic mass is 9.95. The van der Waals surface area contributed by atoms with Gasteiger partial charge in [-0.25, -0.2) is 0 Å². The molecule has 17 heavy (non-hydrogen) atoms. The molecule has 0 aromatic carbocycles. The van der Waals surface area contributed by atoms with Crippen molar-refractivity contribution in [3.8, 4) is 0 Å². The fourth-order valence-electron chi connectivity index (χ4n) is 1.98. The second-order valence-electron chi connectivity index (χ2n) is 5.13. The zero-order chi connectivity index (χ0) is 12.7. The van der Waals surface area contributed by atoms with E-state index in [1.54, 1.807) is 6.92 Å². The summed E-state index contributed by atoms with van der Waals surface area (Å²) >= 11 is 0. The monoisotopic (exact) mass is 244 g/mol. The fourth-order valence-corrected chi connectivity index (χ4v) is 1.98. The van der Waals surface area contributed by atoms with E-state index < -0.39 is 5.54 Å². The molecule has 0 unspecified atom stereocenters. The van der Waals surface area contributed by atoms with Crippen LogP contribution in [0.15, 0.2) is 0 Å². The van der Waals surface area contributed by atoms with Crippen molar-refractivity contribution >= 4 is 5.91 Å². The van der Waals surface area contributed by atoms with E-state index >= 15 is 0 Å². The number of amides is 1. The molecule has 1 aliphatic carbocycles. The van der Waals surface area contributed by atoms with Gasteiger partial charge < -0.3 is 15.5 Å². The van der Waals surface area contributed by atoms with Gasteiger partial charge in [-0.1, -0.05) is 19.3 Å². The lowest BCUT2D eigenvalue weighted by Gasteiger charge is -2.27. The highest BCUT2D eigenvalue weighted by atomic mass is 16.3. The van der Waals surface area contributed by atoms with Crippen molar-refractivity contribution in [2.75, 3.05) is 19.8 Å². The average Bonchev–Trinajstić information content (AvgIpc) is 2.37. The molecule has 1 amide bonds. The number of rotatable bonds is 6. The molecule has 0 bridgehead atoms.